The van der Waals surface area contributed by atoms with Crippen LogP contribution < -0.4 is 29.7 Å². The number of hydrogen-bond acceptors (Lipinski definition) is 6. The molecule has 2 heterocycles. The Labute approximate surface area is 184 Å². The van der Waals surface area contributed by atoms with E-state index in [2.05, 4.69) is 10.9 Å². The van der Waals surface area contributed by atoms with E-state index in [1.807, 2.05) is 12.1 Å². The molecule has 0 saturated carbocycles. The van der Waals surface area contributed by atoms with Crippen LogP contribution in [0.3, 0.4) is 0 Å². The molecule has 0 radical (unpaired) electrons. The minimum absolute atomic E-state index is 0.0954. The number of benzene rings is 1. The van der Waals surface area contributed by atoms with Crippen molar-refractivity contribution in [2.45, 2.75) is 0 Å². The number of rotatable bonds is 10. The molecule has 2 amide bonds. The van der Waals surface area contributed by atoms with Gasteiger partial charge in [-0.05, 0) is 24.3 Å². The first-order valence-electron chi connectivity index (χ1n) is 9.85. The molecular weight excluding hydrogens is 416 g/mol. The van der Waals surface area contributed by atoms with Gasteiger partial charge in [0.05, 0.1) is 0 Å². The van der Waals surface area contributed by atoms with E-state index in [0.29, 0.717) is 11.5 Å². The molecule has 0 aliphatic carbocycles. The number of amides is 2. The second-order valence-electron chi connectivity index (χ2n) is 6.23. The van der Waals surface area contributed by atoms with Gasteiger partial charge in [0.1, 0.15) is 37.9 Å². The van der Waals surface area contributed by atoms with Crippen molar-refractivity contribution < 1.29 is 37.9 Å². The predicted molar refractivity (Wildman–Crippen MR) is 112 cm³/mol. The minimum atomic E-state index is -0.577. The number of carbonyl (C=O) groups is 2. The van der Waals surface area contributed by atoms with Crippen molar-refractivity contribution in [2.75, 3.05) is 37.3 Å². The standard InChI is InChI=1S/C22H22N4O6/c27-21(23-25-11-3-1-4-12-25)31-17-15-29-19-7-9-20(10-8-19)30-16-18-32-22(28)24-26-13-5-2-6-14-26/h1-14H,15-18H2/p+2. The van der Waals surface area contributed by atoms with Gasteiger partial charge in [-0.3, -0.25) is 0 Å². The summed E-state index contributed by atoms with van der Waals surface area (Å²) in [6.07, 6.45) is 5.59. The van der Waals surface area contributed by atoms with Crippen molar-refractivity contribution in [3.05, 3.63) is 85.5 Å². The number of hydrogen-bond donors (Lipinski definition) is 2. The lowest BCUT2D eigenvalue weighted by Crippen LogP contribution is -2.47. The molecule has 2 aromatic heterocycles. The number of carbonyl (C=O) groups excluding carboxylic acids is 2. The normalized spacial score (nSPS) is 10.0. The Morgan fingerprint density at radius 1 is 0.594 bits per heavy atom. The summed E-state index contributed by atoms with van der Waals surface area (Å²) in [7, 11) is 0. The number of pyridine rings is 2. The molecule has 32 heavy (non-hydrogen) atoms. The van der Waals surface area contributed by atoms with Crippen LogP contribution in [0.1, 0.15) is 0 Å². The quantitative estimate of drug-likeness (QED) is 0.368. The minimum Gasteiger partial charge on any atom is -0.490 e. The molecule has 0 fully saturated rings. The summed E-state index contributed by atoms with van der Waals surface area (Å²) >= 11 is 0. The van der Waals surface area contributed by atoms with Gasteiger partial charge < -0.3 is 18.9 Å². The van der Waals surface area contributed by atoms with E-state index >= 15 is 0 Å². The van der Waals surface area contributed by atoms with Crippen molar-refractivity contribution >= 4 is 12.2 Å². The third-order valence-corrected chi connectivity index (χ3v) is 3.87. The lowest BCUT2D eigenvalue weighted by atomic mass is 10.3. The zero-order chi connectivity index (χ0) is 22.4. The van der Waals surface area contributed by atoms with E-state index in [1.165, 1.54) is 9.35 Å². The second-order valence-corrected chi connectivity index (χ2v) is 6.23. The van der Waals surface area contributed by atoms with E-state index < -0.39 is 12.2 Å². The van der Waals surface area contributed by atoms with Gasteiger partial charge in [-0.25, -0.2) is 9.59 Å². The maximum absolute atomic E-state index is 11.7. The summed E-state index contributed by atoms with van der Waals surface area (Å²) in [5, 5.41) is 0. The Bertz CT molecular complexity index is 890. The highest BCUT2D eigenvalue weighted by molar-refractivity contribution is 5.74. The maximum atomic E-state index is 11.7. The smallest absolute Gasteiger partial charge is 0.461 e. The largest absolute Gasteiger partial charge is 0.490 e. The monoisotopic (exact) mass is 440 g/mol. The Morgan fingerprint density at radius 3 is 1.34 bits per heavy atom. The summed E-state index contributed by atoms with van der Waals surface area (Å²) in [6, 6.07) is 17.7. The molecule has 3 rings (SSSR count). The molecule has 0 unspecified atom stereocenters. The van der Waals surface area contributed by atoms with Gasteiger partial charge in [0.2, 0.25) is 0 Å². The van der Waals surface area contributed by atoms with Crippen molar-refractivity contribution in [1.29, 1.82) is 0 Å². The molecule has 0 aliphatic heterocycles. The molecule has 0 saturated heterocycles. The van der Waals surface area contributed by atoms with Crippen LogP contribution >= 0.6 is 0 Å². The van der Waals surface area contributed by atoms with Crippen LogP contribution in [0.2, 0.25) is 0 Å². The van der Waals surface area contributed by atoms with Crippen LogP contribution in [0.25, 0.3) is 0 Å². The van der Waals surface area contributed by atoms with Crippen LogP contribution in [0.4, 0.5) is 9.59 Å². The number of ether oxygens (including phenoxy) is 4. The molecule has 0 atom stereocenters. The number of nitrogens with zero attached hydrogens (tertiary/aromatic N) is 2. The lowest BCUT2D eigenvalue weighted by molar-refractivity contribution is -0.642. The molecule has 0 spiro atoms. The van der Waals surface area contributed by atoms with Crippen molar-refractivity contribution in [3.8, 4) is 11.5 Å². The van der Waals surface area contributed by atoms with Gasteiger partial charge >= 0.3 is 12.2 Å². The molecule has 166 valence electrons. The van der Waals surface area contributed by atoms with E-state index in [1.54, 1.807) is 73.3 Å². The average Bonchev–Trinajstić information content (AvgIpc) is 2.82. The summed E-state index contributed by atoms with van der Waals surface area (Å²) < 4.78 is 24.1. The molecular formula is C22H24N4O6+2. The molecule has 10 nitrogen and oxygen atoms in total. The highest BCUT2D eigenvalue weighted by Crippen LogP contribution is 2.17. The Hall–Kier alpha value is -4.34. The molecule has 10 heteroatoms. The Balaban J connectivity index is 1.26. The fourth-order valence-corrected chi connectivity index (χ4v) is 2.44. The van der Waals surface area contributed by atoms with Crippen LogP contribution in [-0.2, 0) is 9.47 Å². The van der Waals surface area contributed by atoms with Crippen molar-refractivity contribution in [2.24, 2.45) is 0 Å². The molecule has 1 aromatic carbocycles. The topological polar surface area (TPSA) is 103 Å². The van der Waals surface area contributed by atoms with Crippen LogP contribution in [-0.4, -0.2) is 38.6 Å². The molecule has 0 aliphatic rings. The predicted octanol–water partition coefficient (Wildman–Crippen LogP) is 1.78. The van der Waals surface area contributed by atoms with Crippen LogP contribution in [0.5, 0.6) is 11.5 Å². The molecule has 3 aromatic rings. The number of nitrogens with one attached hydrogen (secondary N) is 2. The van der Waals surface area contributed by atoms with Crippen molar-refractivity contribution in [3.63, 3.8) is 0 Å². The summed E-state index contributed by atoms with van der Waals surface area (Å²) in [5.41, 5.74) is 5.08. The van der Waals surface area contributed by atoms with Crippen LogP contribution in [0, 0.1) is 0 Å². The highest BCUT2D eigenvalue weighted by Gasteiger charge is 2.08. The average molecular weight is 440 g/mol. The molecule has 2 N–H and O–H groups in total. The SMILES string of the molecule is O=C(N[n+]1ccccc1)OCCOc1ccc(OCCOC(=O)N[n+]2ccccc2)cc1. The van der Waals surface area contributed by atoms with Gasteiger partial charge in [-0.15, -0.1) is 0 Å². The Kier molecular flexibility index (Phi) is 8.64. The third-order valence-electron chi connectivity index (χ3n) is 3.87. The van der Waals surface area contributed by atoms with Gasteiger partial charge in [-0.2, -0.15) is 0 Å². The maximum Gasteiger partial charge on any atom is 0.461 e. The van der Waals surface area contributed by atoms with Gasteiger partial charge in [0.15, 0.2) is 24.8 Å². The van der Waals surface area contributed by atoms with E-state index in [-0.39, 0.29) is 26.4 Å². The van der Waals surface area contributed by atoms with Gasteiger partial charge in [0, 0.05) is 24.3 Å². The van der Waals surface area contributed by atoms with Crippen molar-refractivity contribution in [1.82, 2.24) is 0 Å². The fraction of sp³-hybridized carbons (Fsp3) is 0.182. The zero-order valence-electron chi connectivity index (χ0n) is 17.3. The Morgan fingerprint density at radius 2 is 0.969 bits per heavy atom. The van der Waals surface area contributed by atoms with Gasteiger partial charge in [0.25, 0.3) is 0 Å². The zero-order valence-corrected chi connectivity index (χ0v) is 17.3. The summed E-state index contributed by atoms with van der Waals surface area (Å²) in [6.45, 7) is 0.598. The highest BCUT2D eigenvalue weighted by atomic mass is 16.6. The number of aromatic nitrogens is 2. The third kappa shape index (κ3) is 8.19. The van der Waals surface area contributed by atoms with Crippen LogP contribution in [0.15, 0.2) is 85.5 Å². The van der Waals surface area contributed by atoms with Gasteiger partial charge in [-0.1, -0.05) is 32.3 Å². The first kappa shape index (κ1) is 22.3. The molecule has 0 bridgehead atoms. The fourth-order valence-electron chi connectivity index (χ4n) is 2.44. The first-order chi connectivity index (χ1) is 15.7. The van der Waals surface area contributed by atoms with E-state index in [4.69, 9.17) is 18.9 Å². The lowest BCUT2D eigenvalue weighted by Gasteiger charge is -2.09. The van der Waals surface area contributed by atoms with E-state index in [0.717, 1.165) is 0 Å². The first-order valence-corrected chi connectivity index (χ1v) is 9.85. The summed E-state index contributed by atoms with van der Waals surface area (Å²) in [5.74, 6) is 1.21. The van der Waals surface area contributed by atoms with E-state index in [9.17, 15) is 9.59 Å². The summed E-state index contributed by atoms with van der Waals surface area (Å²) in [4.78, 5) is 23.3. The second kappa shape index (κ2) is 12.4.